The Morgan fingerprint density at radius 2 is 2.17 bits per heavy atom. The summed E-state index contributed by atoms with van der Waals surface area (Å²) in [5.74, 6) is 0.00932. The average molecular weight is 274 g/mol. The van der Waals surface area contributed by atoms with Gasteiger partial charge in [0.2, 0.25) is 10.0 Å². The van der Waals surface area contributed by atoms with Crippen molar-refractivity contribution in [3.8, 4) is 0 Å². The molecule has 2 rings (SSSR count). The quantitative estimate of drug-likeness (QED) is 0.754. The summed E-state index contributed by atoms with van der Waals surface area (Å²) in [7, 11) is -2.02. The van der Waals surface area contributed by atoms with Crippen LogP contribution < -0.4 is 5.73 Å². The van der Waals surface area contributed by atoms with Gasteiger partial charge in [-0.25, -0.2) is 8.42 Å². The summed E-state index contributed by atoms with van der Waals surface area (Å²) in [5, 5.41) is 13.5. The molecule has 2 heterocycles. The van der Waals surface area contributed by atoms with Crippen molar-refractivity contribution in [1.82, 2.24) is 14.1 Å². The fraction of sp³-hybridized carbons (Fsp3) is 0.700. The number of sulfonamides is 1. The van der Waals surface area contributed by atoms with Crippen LogP contribution in [0, 0.1) is 6.92 Å². The first kappa shape index (κ1) is 13.3. The minimum absolute atomic E-state index is 0.00932. The van der Waals surface area contributed by atoms with E-state index in [2.05, 4.69) is 5.10 Å². The van der Waals surface area contributed by atoms with Crippen LogP contribution in [0.3, 0.4) is 0 Å². The van der Waals surface area contributed by atoms with Crippen molar-refractivity contribution in [2.75, 3.05) is 18.8 Å². The van der Waals surface area contributed by atoms with Crippen LogP contribution in [0.1, 0.15) is 18.5 Å². The second-order valence-electron chi connectivity index (χ2n) is 4.58. The molecule has 1 atom stereocenters. The number of β-amino-alcohol motifs (C(OH)–C–C–N with tert-alkyl or cyclic N) is 1. The molecule has 0 bridgehead atoms. The molecule has 1 aromatic heterocycles. The molecule has 7 nitrogen and oxygen atoms in total. The van der Waals surface area contributed by atoms with Crippen LogP contribution in [-0.2, 0) is 17.1 Å². The highest BCUT2D eigenvalue weighted by Gasteiger charge is 2.33. The fourth-order valence-electron chi connectivity index (χ4n) is 2.20. The molecule has 0 spiro atoms. The number of aromatic nitrogens is 2. The lowest BCUT2D eigenvalue weighted by Gasteiger charge is -2.29. The Kier molecular flexibility index (Phi) is 3.35. The van der Waals surface area contributed by atoms with Crippen molar-refractivity contribution in [2.45, 2.75) is 30.8 Å². The van der Waals surface area contributed by atoms with E-state index in [4.69, 9.17) is 5.73 Å². The van der Waals surface area contributed by atoms with Crippen molar-refractivity contribution < 1.29 is 13.5 Å². The molecule has 0 radical (unpaired) electrons. The maximum absolute atomic E-state index is 12.5. The largest absolute Gasteiger partial charge is 0.392 e. The predicted molar refractivity (Wildman–Crippen MR) is 66.4 cm³/mol. The van der Waals surface area contributed by atoms with Crippen LogP contribution in [0.15, 0.2) is 4.90 Å². The summed E-state index contributed by atoms with van der Waals surface area (Å²) in [5.41, 5.74) is 6.18. The third kappa shape index (κ3) is 2.11. The smallest absolute Gasteiger partial charge is 0.248 e. The third-order valence-electron chi connectivity index (χ3n) is 3.26. The van der Waals surface area contributed by atoms with E-state index in [1.54, 1.807) is 14.0 Å². The lowest BCUT2D eigenvalue weighted by molar-refractivity contribution is 0.108. The highest BCUT2D eigenvalue weighted by atomic mass is 32.2. The first-order valence-corrected chi connectivity index (χ1v) is 7.25. The molecule has 1 fully saturated rings. The molecule has 3 N–H and O–H groups in total. The highest BCUT2D eigenvalue weighted by Crippen LogP contribution is 2.27. The van der Waals surface area contributed by atoms with E-state index in [-0.39, 0.29) is 17.3 Å². The maximum Gasteiger partial charge on any atom is 0.248 e. The molecule has 0 unspecified atom stereocenters. The van der Waals surface area contributed by atoms with Gasteiger partial charge in [0.05, 0.1) is 11.8 Å². The second-order valence-corrected chi connectivity index (χ2v) is 6.46. The normalized spacial score (nSPS) is 22.3. The zero-order valence-corrected chi connectivity index (χ0v) is 11.3. The zero-order valence-electron chi connectivity index (χ0n) is 10.5. The average Bonchev–Trinajstić information content (AvgIpc) is 2.53. The van der Waals surface area contributed by atoms with Crippen LogP contribution in [0.2, 0.25) is 0 Å². The summed E-state index contributed by atoms with van der Waals surface area (Å²) < 4.78 is 27.7. The Morgan fingerprint density at radius 1 is 1.50 bits per heavy atom. The number of hydrogen-bond donors (Lipinski definition) is 2. The summed E-state index contributed by atoms with van der Waals surface area (Å²) >= 11 is 0. The molecule has 0 aromatic carbocycles. The first-order chi connectivity index (χ1) is 8.34. The van der Waals surface area contributed by atoms with Gasteiger partial charge in [0, 0.05) is 20.1 Å². The van der Waals surface area contributed by atoms with E-state index < -0.39 is 16.1 Å². The monoisotopic (exact) mass is 274 g/mol. The van der Waals surface area contributed by atoms with Crippen LogP contribution >= 0.6 is 0 Å². The third-order valence-corrected chi connectivity index (χ3v) is 5.29. The second kappa shape index (κ2) is 4.52. The van der Waals surface area contributed by atoms with Gasteiger partial charge in [0.15, 0.2) is 5.82 Å². The summed E-state index contributed by atoms with van der Waals surface area (Å²) in [6, 6.07) is 0. The number of aryl methyl sites for hydroxylation is 1. The van der Waals surface area contributed by atoms with Gasteiger partial charge in [-0.15, -0.1) is 0 Å². The van der Waals surface area contributed by atoms with Crippen LogP contribution in [0.5, 0.6) is 0 Å². The van der Waals surface area contributed by atoms with Gasteiger partial charge >= 0.3 is 0 Å². The number of nitrogens with two attached hydrogens (primary N) is 1. The Hall–Kier alpha value is -1.12. The number of nitrogens with zero attached hydrogens (tertiary/aromatic N) is 3. The van der Waals surface area contributed by atoms with Crippen molar-refractivity contribution in [2.24, 2.45) is 7.05 Å². The zero-order chi connectivity index (χ0) is 13.5. The molecule has 1 aliphatic rings. The lowest BCUT2D eigenvalue weighted by Crippen LogP contribution is -2.42. The Balaban J connectivity index is 2.42. The molecule has 102 valence electrons. The molecule has 1 aromatic rings. The molecule has 1 aliphatic heterocycles. The summed E-state index contributed by atoms with van der Waals surface area (Å²) in [6.07, 6.45) is 0.680. The summed E-state index contributed by atoms with van der Waals surface area (Å²) in [4.78, 5) is 0.0547. The number of nitrogen functional groups attached to an aromatic ring is 1. The minimum atomic E-state index is -3.67. The Labute approximate surface area is 106 Å². The molecular weight excluding hydrogens is 256 g/mol. The van der Waals surface area contributed by atoms with Gasteiger partial charge < -0.3 is 10.8 Å². The van der Waals surface area contributed by atoms with Gasteiger partial charge in [-0.2, -0.15) is 9.40 Å². The SMILES string of the molecule is Cc1c(S(=O)(=O)N2CCC[C@H](O)C2)c(N)nn1C. The standard InChI is InChI=1S/C10H18N4O3S/c1-7-9(10(11)12-13(7)2)18(16,17)14-5-3-4-8(15)6-14/h8,15H,3-6H2,1-2H3,(H2,11,12)/t8-/m0/s1. The summed E-state index contributed by atoms with van der Waals surface area (Å²) in [6.45, 7) is 2.19. The van der Waals surface area contributed by atoms with Crippen molar-refractivity contribution in [1.29, 1.82) is 0 Å². The minimum Gasteiger partial charge on any atom is -0.392 e. The number of rotatable bonds is 2. The number of piperidine rings is 1. The van der Waals surface area contributed by atoms with Crippen LogP contribution in [0.4, 0.5) is 5.82 Å². The maximum atomic E-state index is 12.5. The van der Waals surface area contributed by atoms with E-state index in [0.29, 0.717) is 25.1 Å². The van der Waals surface area contributed by atoms with Crippen molar-refractivity contribution in [3.05, 3.63) is 5.69 Å². The van der Waals surface area contributed by atoms with E-state index in [1.165, 1.54) is 8.99 Å². The van der Waals surface area contributed by atoms with Gasteiger partial charge in [-0.1, -0.05) is 0 Å². The molecule has 0 aliphatic carbocycles. The number of anilines is 1. The molecular formula is C10H18N4O3S. The number of hydrogen-bond acceptors (Lipinski definition) is 5. The van der Waals surface area contributed by atoms with Crippen molar-refractivity contribution in [3.63, 3.8) is 0 Å². The highest BCUT2D eigenvalue weighted by molar-refractivity contribution is 7.89. The number of aliphatic hydroxyl groups is 1. The van der Waals surface area contributed by atoms with E-state index in [1.807, 2.05) is 0 Å². The molecule has 0 saturated carbocycles. The van der Waals surface area contributed by atoms with Gasteiger partial charge in [-0.05, 0) is 19.8 Å². The Bertz CT molecular complexity index is 552. The van der Waals surface area contributed by atoms with Gasteiger partial charge in [0.25, 0.3) is 0 Å². The molecule has 8 heteroatoms. The molecule has 0 amide bonds. The van der Waals surface area contributed by atoms with Crippen LogP contribution in [0.25, 0.3) is 0 Å². The lowest BCUT2D eigenvalue weighted by atomic mass is 10.1. The fourth-order valence-corrected chi connectivity index (χ4v) is 4.01. The van der Waals surface area contributed by atoms with Gasteiger partial charge in [-0.3, -0.25) is 4.68 Å². The number of aliphatic hydroxyl groups excluding tert-OH is 1. The first-order valence-electron chi connectivity index (χ1n) is 5.81. The topological polar surface area (TPSA) is 101 Å². The van der Waals surface area contributed by atoms with E-state index in [9.17, 15) is 13.5 Å². The van der Waals surface area contributed by atoms with Crippen molar-refractivity contribution >= 4 is 15.8 Å². The Morgan fingerprint density at radius 3 is 2.67 bits per heavy atom. The van der Waals surface area contributed by atoms with E-state index >= 15 is 0 Å². The van der Waals surface area contributed by atoms with Crippen LogP contribution in [-0.4, -0.2) is 46.8 Å². The predicted octanol–water partition coefficient (Wildman–Crippen LogP) is -0.544. The van der Waals surface area contributed by atoms with Gasteiger partial charge in [0.1, 0.15) is 4.90 Å². The van der Waals surface area contributed by atoms with E-state index in [0.717, 1.165) is 0 Å². The molecule has 1 saturated heterocycles. The molecule has 18 heavy (non-hydrogen) atoms.